The summed E-state index contributed by atoms with van der Waals surface area (Å²) in [6.45, 7) is 1.75. The Morgan fingerprint density at radius 3 is 2.62 bits per heavy atom. The number of aromatic nitrogens is 3. The molecular weight excluding hydrogens is 391 g/mol. The van der Waals surface area contributed by atoms with E-state index in [0.29, 0.717) is 32.4 Å². The summed E-state index contributed by atoms with van der Waals surface area (Å²) in [5.41, 5.74) is 2.40. The molecule has 0 aromatic carbocycles. The summed E-state index contributed by atoms with van der Waals surface area (Å²) < 4.78 is 16.9. The first-order chi connectivity index (χ1) is 14.0. The fourth-order valence-electron chi connectivity index (χ4n) is 3.87. The molecule has 1 aliphatic rings. The molecule has 4 heterocycles. The molecule has 8 heteroatoms. The van der Waals surface area contributed by atoms with Gasteiger partial charge in [0.2, 0.25) is 0 Å². The molecule has 0 aliphatic heterocycles. The highest BCUT2D eigenvalue weighted by atomic mass is 32.1. The average molecular weight is 408 g/mol. The molecule has 6 nitrogen and oxygen atoms in total. The zero-order chi connectivity index (χ0) is 20.3. The Hall–Kier alpha value is -3.26. The lowest BCUT2D eigenvalue weighted by atomic mass is 9.99. The van der Waals surface area contributed by atoms with Crippen LogP contribution in [0.5, 0.6) is 0 Å². The van der Waals surface area contributed by atoms with Crippen molar-refractivity contribution in [1.82, 2.24) is 14.1 Å². The van der Waals surface area contributed by atoms with Crippen molar-refractivity contribution in [2.24, 2.45) is 0 Å². The van der Waals surface area contributed by atoms with Crippen LogP contribution in [-0.2, 0) is 0 Å². The Morgan fingerprint density at radius 1 is 1.21 bits per heavy atom. The fourth-order valence-corrected chi connectivity index (χ4v) is 4.77. The molecule has 29 heavy (non-hydrogen) atoms. The van der Waals surface area contributed by atoms with Crippen molar-refractivity contribution in [2.45, 2.75) is 25.7 Å². The number of aryl methyl sites for hydroxylation is 1. The SMILES string of the molecule is Cc1c(-c2csc(-c3ccncc3)c2)c(F)cn2c(=O)n(N)c(=O)c(C3CC3)c12. The van der Waals surface area contributed by atoms with Crippen molar-refractivity contribution in [2.75, 3.05) is 5.84 Å². The molecule has 0 atom stereocenters. The number of halogens is 1. The van der Waals surface area contributed by atoms with Crippen LogP contribution in [0.1, 0.15) is 29.9 Å². The van der Waals surface area contributed by atoms with E-state index in [1.807, 2.05) is 23.6 Å². The van der Waals surface area contributed by atoms with Crippen LogP contribution in [-0.4, -0.2) is 14.1 Å². The Balaban J connectivity index is 1.79. The highest BCUT2D eigenvalue weighted by Crippen LogP contribution is 2.42. The lowest BCUT2D eigenvalue weighted by Crippen LogP contribution is -2.44. The molecular formula is C21H17FN4O2S. The number of hydrogen-bond donors (Lipinski definition) is 1. The molecule has 0 bridgehead atoms. The lowest BCUT2D eigenvalue weighted by molar-refractivity contribution is 0.616. The van der Waals surface area contributed by atoms with Crippen LogP contribution >= 0.6 is 11.3 Å². The zero-order valence-electron chi connectivity index (χ0n) is 15.6. The molecule has 1 fully saturated rings. The average Bonchev–Trinajstić information content (AvgIpc) is 3.44. The van der Waals surface area contributed by atoms with E-state index in [-0.39, 0.29) is 5.92 Å². The van der Waals surface area contributed by atoms with Crippen molar-refractivity contribution in [3.05, 3.63) is 80.0 Å². The van der Waals surface area contributed by atoms with Crippen LogP contribution in [0.4, 0.5) is 4.39 Å². The fraction of sp³-hybridized carbons (Fsp3) is 0.190. The number of rotatable bonds is 3. The predicted molar refractivity (Wildman–Crippen MR) is 111 cm³/mol. The van der Waals surface area contributed by atoms with Gasteiger partial charge in [-0.2, -0.15) is 4.68 Å². The van der Waals surface area contributed by atoms with Crippen LogP contribution < -0.4 is 17.1 Å². The first kappa shape index (κ1) is 17.8. The van der Waals surface area contributed by atoms with E-state index >= 15 is 4.39 Å². The van der Waals surface area contributed by atoms with Gasteiger partial charge < -0.3 is 5.84 Å². The van der Waals surface area contributed by atoms with Crippen molar-refractivity contribution in [3.63, 3.8) is 0 Å². The van der Waals surface area contributed by atoms with Gasteiger partial charge in [-0.1, -0.05) is 0 Å². The number of nitrogens with two attached hydrogens (primary N) is 1. The number of fused-ring (bicyclic) bond motifs is 1. The van der Waals surface area contributed by atoms with Gasteiger partial charge in [0.15, 0.2) is 0 Å². The molecule has 4 aromatic heterocycles. The second-order valence-corrected chi connectivity index (χ2v) is 8.19. The van der Waals surface area contributed by atoms with E-state index in [9.17, 15) is 9.59 Å². The second kappa shape index (κ2) is 6.38. The maximum Gasteiger partial charge on any atom is 0.354 e. The molecule has 1 saturated carbocycles. The van der Waals surface area contributed by atoms with E-state index in [2.05, 4.69) is 4.98 Å². The monoisotopic (exact) mass is 408 g/mol. The minimum absolute atomic E-state index is 0.0553. The molecule has 1 aliphatic carbocycles. The van der Waals surface area contributed by atoms with Gasteiger partial charge in [0.05, 0.1) is 11.7 Å². The smallest absolute Gasteiger partial charge is 0.332 e. The number of nitrogen functional groups attached to an aromatic ring is 1. The summed E-state index contributed by atoms with van der Waals surface area (Å²) in [5.74, 6) is 5.20. The maximum absolute atomic E-state index is 15.1. The van der Waals surface area contributed by atoms with Gasteiger partial charge in [-0.15, -0.1) is 11.3 Å². The first-order valence-corrected chi connectivity index (χ1v) is 10.1. The summed E-state index contributed by atoms with van der Waals surface area (Å²) in [6, 6.07) is 5.71. The molecule has 0 radical (unpaired) electrons. The van der Waals surface area contributed by atoms with E-state index in [1.165, 1.54) is 15.7 Å². The molecule has 0 amide bonds. The molecule has 0 spiro atoms. The quantitative estimate of drug-likeness (QED) is 0.528. The van der Waals surface area contributed by atoms with E-state index in [0.717, 1.165) is 29.5 Å². The van der Waals surface area contributed by atoms with Gasteiger partial charge >= 0.3 is 5.69 Å². The predicted octanol–water partition coefficient (Wildman–Crippen LogP) is 3.29. The van der Waals surface area contributed by atoms with Gasteiger partial charge in [0.25, 0.3) is 5.56 Å². The molecule has 5 rings (SSSR count). The third kappa shape index (κ3) is 2.71. The van der Waals surface area contributed by atoms with E-state index < -0.39 is 17.1 Å². The van der Waals surface area contributed by atoms with Crippen molar-refractivity contribution < 1.29 is 4.39 Å². The molecule has 0 unspecified atom stereocenters. The number of hydrogen-bond acceptors (Lipinski definition) is 5. The van der Waals surface area contributed by atoms with Crippen LogP contribution in [0.2, 0.25) is 0 Å². The van der Waals surface area contributed by atoms with E-state index in [4.69, 9.17) is 5.84 Å². The van der Waals surface area contributed by atoms with Crippen LogP contribution in [0, 0.1) is 12.7 Å². The Labute approximate surface area is 168 Å². The van der Waals surface area contributed by atoms with Crippen molar-refractivity contribution >= 4 is 16.9 Å². The minimum atomic E-state index is -0.745. The van der Waals surface area contributed by atoms with E-state index in [1.54, 1.807) is 19.3 Å². The highest BCUT2D eigenvalue weighted by molar-refractivity contribution is 7.14. The van der Waals surface area contributed by atoms with Gasteiger partial charge in [-0.3, -0.25) is 14.2 Å². The van der Waals surface area contributed by atoms with Gasteiger partial charge in [0.1, 0.15) is 5.82 Å². The normalized spacial score (nSPS) is 13.9. The highest BCUT2D eigenvalue weighted by Gasteiger charge is 2.32. The molecule has 4 aromatic rings. The second-order valence-electron chi connectivity index (χ2n) is 7.28. The van der Waals surface area contributed by atoms with Crippen LogP contribution in [0.25, 0.3) is 27.1 Å². The van der Waals surface area contributed by atoms with Crippen molar-refractivity contribution in [1.29, 1.82) is 0 Å². The first-order valence-electron chi connectivity index (χ1n) is 9.22. The maximum atomic E-state index is 15.1. The molecule has 0 saturated heterocycles. The largest absolute Gasteiger partial charge is 0.354 e. The molecule has 146 valence electrons. The topological polar surface area (TPSA) is 82.4 Å². The van der Waals surface area contributed by atoms with Gasteiger partial charge in [-0.05, 0) is 66.0 Å². The zero-order valence-corrected chi connectivity index (χ0v) is 16.4. The van der Waals surface area contributed by atoms with Crippen LogP contribution in [0.3, 0.4) is 0 Å². The Morgan fingerprint density at radius 2 is 1.93 bits per heavy atom. The summed E-state index contributed by atoms with van der Waals surface area (Å²) in [5, 5.41) is 1.89. The Kier molecular flexibility index (Phi) is 3.92. The summed E-state index contributed by atoms with van der Waals surface area (Å²) in [4.78, 5) is 30.2. The Bertz CT molecular complexity index is 1380. The van der Waals surface area contributed by atoms with Gasteiger partial charge in [0, 0.05) is 28.4 Å². The third-order valence-electron chi connectivity index (χ3n) is 5.41. The molecule has 2 N–H and O–H groups in total. The standard InChI is InChI=1S/C21H17FN4O2S/c1-11-17(14-8-16(29-10-14)12-4-6-24-7-5-12)15(22)9-25-19(11)18(13-2-3-13)20(27)26(23)21(25)28/h4-10,13H,2-3,23H2,1H3. The summed E-state index contributed by atoms with van der Waals surface area (Å²) in [7, 11) is 0. The third-order valence-corrected chi connectivity index (χ3v) is 6.39. The number of nitrogens with zero attached hydrogens (tertiary/aromatic N) is 3. The van der Waals surface area contributed by atoms with Gasteiger partial charge in [-0.25, -0.2) is 9.18 Å². The summed E-state index contributed by atoms with van der Waals surface area (Å²) >= 11 is 1.50. The summed E-state index contributed by atoms with van der Waals surface area (Å²) in [6.07, 6.45) is 6.28. The number of pyridine rings is 2. The lowest BCUT2D eigenvalue weighted by Gasteiger charge is -2.15. The van der Waals surface area contributed by atoms with Crippen molar-refractivity contribution in [3.8, 4) is 21.6 Å². The minimum Gasteiger partial charge on any atom is -0.332 e. The van der Waals surface area contributed by atoms with Crippen LogP contribution in [0.15, 0.2) is 51.8 Å². The number of thiophene rings is 1.